The van der Waals surface area contributed by atoms with Gasteiger partial charge in [0.15, 0.2) is 0 Å². The van der Waals surface area contributed by atoms with Crippen LogP contribution in [-0.4, -0.2) is 22.0 Å². The topological polar surface area (TPSA) is 46.9 Å². The van der Waals surface area contributed by atoms with E-state index in [-0.39, 0.29) is 5.91 Å². The van der Waals surface area contributed by atoms with Crippen LogP contribution in [0.2, 0.25) is 0 Å². The Morgan fingerprint density at radius 2 is 2.18 bits per heavy atom. The molecule has 2 aromatic rings. The van der Waals surface area contributed by atoms with Gasteiger partial charge >= 0.3 is 0 Å². The first-order valence-electron chi connectivity index (χ1n) is 7.61. The van der Waals surface area contributed by atoms with Gasteiger partial charge < -0.3 is 9.88 Å². The molecule has 1 aromatic heterocycles. The minimum atomic E-state index is -0.0436. The molecule has 116 valence electrons. The van der Waals surface area contributed by atoms with E-state index in [0.717, 1.165) is 41.8 Å². The first-order valence-corrected chi connectivity index (χ1v) is 7.61. The molecular formula is C18H23N3O. The van der Waals surface area contributed by atoms with Gasteiger partial charge in [0.2, 0.25) is 5.91 Å². The van der Waals surface area contributed by atoms with Gasteiger partial charge in [-0.3, -0.25) is 4.79 Å². The highest BCUT2D eigenvalue weighted by Gasteiger charge is 2.10. The highest BCUT2D eigenvalue weighted by molar-refractivity contribution is 5.87. The third-order valence-corrected chi connectivity index (χ3v) is 3.36. The average Bonchev–Trinajstić information content (AvgIpc) is 2.81. The van der Waals surface area contributed by atoms with Crippen molar-refractivity contribution in [1.29, 1.82) is 0 Å². The number of carbonyl (C=O) groups is 1. The Kier molecular flexibility index (Phi) is 5.53. The molecular weight excluding hydrogens is 274 g/mol. The van der Waals surface area contributed by atoms with Crippen LogP contribution in [0, 0.1) is 0 Å². The number of imidazole rings is 1. The predicted molar refractivity (Wildman–Crippen MR) is 90.7 cm³/mol. The van der Waals surface area contributed by atoms with Crippen LogP contribution >= 0.6 is 0 Å². The lowest BCUT2D eigenvalue weighted by molar-refractivity contribution is -0.116. The van der Waals surface area contributed by atoms with E-state index in [1.54, 1.807) is 6.08 Å². The molecule has 1 heterocycles. The zero-order valence-corrected chi connectivity index (χ0v) is 13.3. The smallest absolute Gasteiger partial charge is 0.243 e. The first-order chi connectivity index (χ1) is 10.6. The van der Waals surface area contributed by atoms with E-state index in [1.165, 1.54) is 6.08 Å². The molecule has 1 amide bonds. The Morgan fingerprint density at radius 3 is 2.91 bits per heavy atom. The number of amides is 1. The minimum absolute atomic E-state index is 0.0436. The van der Waals surface area contributed by atoms with Gasteiger partial charge in [0, 0.05) is 19.5 Å². The summed E-state index contributed by atoms with van der Waals surface area (Å²) in [7, 11) is 0. The van der Waals surface area contributed by atoms with Crippen molar-refractivity contribution in [2.45, 2.75) is 33.2 Å². The summed E-state index contributed by atoms with van der Waals surface area (Å²) in [4.78, 5) is 16.1. The Balaban J connectivity index is 2.06. The van der Waals surface area contributed by atoms with Crippen LogP contribution in [-0.2, 0) is 17.8 Å². The monoisotopic (exact) mass is 297 g/mol. The summed E-state index contributed by atoms with van der Waals surface area (Å²) in [6.07, 6.45) is 4.97. The molecule has 0 aliphatic carbocycles. The minimum Gasteiger partial charge on any atom is -0.353 e. The van der Waals surface area contributed by atoms with Gasteiger partial charge in [-0.2, -0.15) is 0 Å². The molecule has 0 aliphatic heterocycles. The number of allylic oxidation sites excluding steroid dienone is 2. The predicted octanol–water partition coefficient (Wildman–Crippen LogP) is 3.24. The number of nitrogens with one attached hydrogen (secondary N) is 1. The SMILES string of the molecule is C=C(C)Cn1c(CCCNC(=O)/C=C\C)nc2ccccc21. The molecule has 4 heteroatoms. The molecule has 0 bridgehead atoms. The van der Waals surface area contributed by atoms with Crippen molar-refractivity contribution in [2.75, 3.05) is 6.54 Å². The van der Waals surface area contributed by atoms with E-state index in [9.17, 15) is 4.79 Å². The van der Waals surface area contributed by atoms with Gasteiger partial charge in [-0.1, -0.05) is 30.4 Å². The molecule has 22 heavy (non-hydrogen) atoms. The number of rotatable bonds is 7. The Bertz CT molecular complexity index is 697. The van der Waals surface area contributed by atoms with Crippen LogP contribution in [0.4, 0.5) is 0 Å². The second kappa shape index (κ2) is 7.59. The lowest BCUT2D eigenvalue weighted by Gasteiger charge is -2.09. The van der Waals surface area contributed by atoms with E-state index < -0.39 is 0 Å². The Hall–Kier alpha value is -2.36. The summed E-state index contributed by atoms with van der Waals surface area (Å²) in [5, 5.41) is 2.87. The van der Waals surface area contributed by atoms with E-state index in [2.05, 4.69) is 22.5 Å². The normalized spacial score (nSPS) is 11.2. The number of benzene rings is 1. The third-order valence-electron chi connectivity index (χ3n) is 3.36. The molecule has 4 nitrogen and oxygen atoms in total. The summed E-state index contributed by atoms with van der Waals surface area (Å²) in [5.74, 6) is 1.00. The summed E-state index contributed by atoms with van der Waals surface area (Å²) in [5.41, 5.74) is 3.25. The molecule has 0 aliphatic rings. The molecule has 0 radical (unpaired) electrons. The Labute approximate surface area is 131 Å². The summed E-state index contributed by atoms with van der Waals surface area (Å²) in [6, 6.07) is 8.14. The van der Waals surface area contributed by atoms with Gasteiger partial charge in [-0.15, -0.1) is 0 Å². The number of nitrogens with zero attached hydrogens (tertiary/aromatic N) is 2. The number of carbonyl (C=O) groups excluding carboxylic acids is 1. The highest BCUT2D eigenvalue weighted by Crippen LogP contribution is 2.18. The van der Waals surface area contributed by atoms with Crippen molar-refractivity contribution in [3.05, 3.63) is 54.4 Å². The van der Waals surface area contributed by atoms with Crippen LogP contribution in [0.5, 0.6) is 0 Å². The van der Waals surface area contributed by atoms with Crippen molar-refractivity contribution in [1.82, 2.24) is 14.9 Å². The van der Waals surface area contributed by atoms with Gasteiger partial charge in [-0.25, -0.2) is 4.98 Å². The van der Waals surface area contributed by atoms with Crippen molar-refractivity contribution < 1.29 is 4.79 Å². The van der Waals surface area contributed by atoms with Gasteiger partial charge in [0.05, 0.1) is 11.0 Å². The summed E-state index contributed by atoms with van der Waals surface area (Å²) in [6.45, 7) is 9.29. The number of hydrogen-bond acceptors (Lipinski definition) is 2. The fraction of sp³-hybridized carbons (Fsp3) is 0.333. The van der Waals surface area contributed by atoms with Crippen molar-refractivity contribution in [3.63, 3.8) is 0 Å². The number of fused-ring (bicyclic) bond motifs is 1. The lowest BCUT2D eigenvalue weighted by atomic mass is 10.2. The van der Waals surface area contributed by atoms with E-state index in [0.29, 0.717) is 6.54 Å². The molecule has 1 aromatic carbocycles. The largest absolute Gasteiger partial charge is 0.353 e. The fourth-order valence-electron chi connectivity index (χ4n) is 2.43. The van der Waals surface area contributed by atoms with Crippen LogP contribution in [0.3, 0.4) is 0 Å². The summed E-state index contributed by atoms with van der Waals surface area (Å²) >= 11 is 0. The van der Waals surface area contributed by atoms with Crippen molar-refractivity contribution in [2.24, 2.45) is 0 Å². The molecule has 0 unspecified atom stereocenters. The fourth-order valence-corrected chi connectivity index (χ4v) is 2.43. The zero-order valence-electron chi connectivity index (χ0n) is 13.3. The van der Waals surface area contributed by atoms with E-state index >= 15 is 0 Å². The van der Waals surface area contributed by atoms with Gasteiger partial charge in [0.1, 0.15) is 5.82 Å². The standard InChI is InChI=1S/C18H23N3O/c1-4-8-18(22)19-12-7-11-17-20-15-9-5-6-10-16(15)21(17)13-14(2)3/h4-6,8-10H,2,7,11-13H2,1,3H3,(H,19,22)/b8-4-. The number of para-hydroxylation sites is 2. The quantitative estimate of drug-likeness (QED) is 0.484. The van der Waals surface area contributed by atoms with Gasteiger partial charge in [-0.05, 0) is 38.5 Å². The maximum Gasteiger partial charge on any atom is 0.243 e. The molecule has 0 spiro atoms. The number of aromatic nitrogens is 2. The molecule has 0 atom stereocenters. The molecule has 0 fully saturated rings. The van der Waals surface area contributed by atoms with Crippen molar-refractivity contribution in [3.8, 4) is 0 Å². The van der Waals surface area contributed by atoms with E-state index in [1.807, 2.05) is 32.0 Å². The van der Waals surface area contributed by atoms with E-state index in [4.69, 9.17) is 4.98 Å². The maximum absolute atomic E-state index is 11.4. The lowest BCUT2D eigenvalue weighted by Crippen LogP contribution is -2.22. The van der Waals surface area contributed by atoms with Crippen LogP contribution in [0.15, 0.2) is 48.6 Å². The molecule has 1 N–H and O–H groups in total. The molecule has 0 saturated carbocycles. The summed E-state index contributed by atoms with van der Waals surface area (Å²) < 4.78 is 2.21. The van der Waals surface area contributed by atoms with Gasteiger partial charge in [0.25, 0.3) is 0 Å². The second-order valence-electron chi connectivity index (χ2n) is 5.45. The van der Waals surface area contributed by atoms with Crippen molar-refractivity contribution >= 4 is 16.9 Å². The number of hydrogen-bond donors (Lipinski definition) is 1. The maximum atomic E-state index is 11.4. The second-order valence-corrected chi connectivity index (χ2v) is 5.45. The third kappa shape index (κ3) is 4.07. The van der Waals surface area contributed by atoms with Crippen LogP contribution < -0.4 is 5.32 Å². The average molecular weight is 297 g/mol. The number of aryl methyl sites for hydroxylation is 1. The first kappa shape index (κ1) is 16.0. The molecule has 2 rings (SSSR count). The van der Waals surface area contributed by atoms with Crippen LogP contribution in [0.1, 0.15) is 26.1 Å². The molecule has 0 saturated heterocycles. The Morgan fingerprint density at radius 1 is 1.41 bits per heavy atom. The zero-order chi connectivity index (χ0) is 15.9. The highest BCUT2D eigenvalue weighted by atomic mass is 16.1. The van der Waals surface area contributed by atoms with Crippen LogP contribution in [0.25, 0.3) is 11.0 Å².